The van der Waals surface area contributed by atoms with Gasteiger partial charge in [0.15, 0.2) is 0 Å². The van der Waals surface area contributed by atoms with Crippen LogP contribution in [0.1, 0.15) is 71.6 Å². The van der Waals surface area contributed by atoms with Crippen molar-refractivity contribution in [1.29, 1.82) is 0 Å². The maximum absolute atomic E-state index is 13.6. The summed E-state index contributed by atoms with van der Waals surface area (Å²) in [7, 11) is 1.82. The number of hydrogen-bond acceptors (Lipinski definition) is 6. The van der Waals surface area contributed by atoms with Crippen LogP contribution in [-0.2, 0) is 4.79 Å². The summed E-state index contributed by atoms with van der Waals surface area (Å²) in [6.07, 6.45) is 10.1. The van der Waals surface area contributed by atoms with E-state index in [2.05, 4.69) is 34.2 Å². The second kappa shape index (κ2) is 12.1. The molecule has 3 heterocycles. The van der Waals surface area contributed by atoms with Gasteiger partial charge in [-0.15, -0.1) is 0 Å². The van der Waals surface area contributed by atoms with Gasteiger partial charge < -0.3 is 14.5 Å². The van der Waals surface area contributed by atoms with Crippen molar-refractivity contribution in [2.24, 2.45) is 0 Å². The minimum Gasteiger partial charge on any atom is -0.494 e. The zero-order chi connectivity index (χ0) is 24.8. The number of nitrogens with zero attached hydrogens (tertiary/aromatic N) is 4. The molecule has 4 rings (SSSR count). The van der Waals surface area contributed by atoms with Crippen molar-refractivity contribution in [3.05, 3.63) is 24.3 Å². The third-order valence-electron chi connectivity index (χ3n) is 7.58. The smallest absolute Gasteiger partial charge is 0.327 e. The zero-order valence-corrected chi connectivity index (χ0v) is 21.7. The Morgan fingerprint density at radius 3 is 2.31 bits per heavy atom. The Kier molecular flexibility index (Phi) is 8.89. The second-order valence-corrected chi connectivity index (χ2v) is 10.00. The summed E-state index contributed by atoms with van der Waals surface area (Å²) in [4.78, 5) is 34.5. The van der Waals surface area contributed by atoms with E-state index in [4.69, 9.17) is 4.74 Å². The standard InChI is InChI=1S/C27H43N5O3/c1-4-6-7-8-9-10-11-12-18-32-25(33)23-24(29(3)27(32)34)28-26-30(19-13-20-31(23)26)21-14-16-22(17-15-21)35-5-2/h14-17,23-24,26,28H,4-13,18-20H2,1-3H3. The molecule has 8 nitrogen and oxygen atoms in total. The van der Waals surface area contributed by atoms with Crippen molar-refractivity contribution >= 4 is 17.6 Å². The Morgan fingerprint density at radius 2 is 1.63 bits per heavy atom. The second-order valence-electron chi connectivity index (χ2n) is 10.00. The van der Waals surface area contributed by atoms with Crippen molar-refractivity contribution in [2.75, 3.05) is 38.2 Å². The number of ether oxygens (including phenoxy) is 1. The minimum absolute atomic E-state index is 0.0513. The highest BCUT2D eigenvalue weighted by Crippen LogP contribution is 2.33. The molecule has 3 saturated heterocycles. The monoisotopic (exact) mass is 485 g/mol. The summed E-state index contributed by atoms with van der Waals surface area (Å²) < 4.78 is 5.59. The fourth-order valence-corrected chi connectivity index (χ4v) is 5.69. The van der Waals surface area contributed by atoms with Crippen molar-refractivity contribution < 1.29 is 14.3 Å². The summed E-state index contributed by atoms with van der Waals surface area (Å²) >= 11 is 0. The van der Waals surface area contributed by atoms with Crippen LogP contribution in [0.2, 0.25) is 0 Å². The van der Waals surface area contributed by atoms with E-state index in [1.54, 1.807) is 4.90 Å². The molecular formula is C27H43N5O3. The van der Waals surface area contributed by atoms with Crippen LogP contribution in [0, 0.1) is 0 Å². The molecule has 1 aromatic rings. The fourth-order valence-electron chi connectivity index (χ4n) is 5.69. The topological polar surface area (TPSA) is 68.4 Å². The van der Waals surface area contributed by atoms with E-state index < -0.39 is 0 Å². The number of carbonyl (C=O) groups excluding carboxylic acids is 2. The normalized spacial score (nSPS) is 24.7. The number of nitrogens with one attached hydrogen (secondary N) is 1. The molecule has 194 valence electrons. The maximum atomic E-state index is 13.6. The van der Waals surface area contributed by atoms with Gasteiger partial charge in [0.1, 0.15) is 24.2 Å². The zero-order valence-electron chi connectivity index (χ0n) is 21.7. The van der Waals surface area contributed by atoms with Gasteiger partial charge in [-0.25, -0.2) is 4.79 Å². The van der Waals surface area contributed by atoms with Crippen LogP contribution >= 0.6 is 0 Å². The third kappa shape index (κ3) is 5.59. The molecular weight excluding hydrogens is 442 g/mol. The fraction of sp³-hybridized carbons (Fsp3) is 0.704. The van der Waals surface area contributed by atoms with Gasteiger partial charge in [-0.3, -0.25) is 19.9 Å². The number of rotatable bonds is 12. The molecule has 1 N–H and O–H groups in total. The van der Waals surface area contributed by atoms with Crippen LogP contribution in [0.4, 0.5) is 10.5 Å². The molecule has 3 amide bonds. The van der Waals surface area contributed by atoms with Crippen LogP contribution in [0.15, 0.2) is 24.3 Å². The van der Waals surface area contributed by atoms with E-state index in [1.165, 1.54) is 43.4 Å². The molecule has 0 aromatic heterocycles. The van der Waals surface area contributed by atoms with E-state index in [1.807, 2.05) is 26.1 Å². The van der Waals surface area contributed by atoms with Crippen molar-refractivity contribution in [3.8, 4) is 5.75 Å². The highest BCUT2D eigenvalue weighted by Gasteiger charge is 2.55. The molecule has 35 heavy (non-hydrogen) atoms. The number of anilines is 1. The summed E-state index contributed by atoms with van der Waals surface area (Å²) in [5.41, 5.74) is 1.09. The number of unbranched alkanes of at least 4 members (excludes halogenated alkanes) is 7. The Hall–Kier alpha value is -2.32. The predicted molar refractivity (Wildman–Crippen MR) is 138 cm³/mol. The quantitative estimate of drug-likeness (QED) is 0.447. The molecule has 8 heteroatoms. The lowest BCUT2D eigenvalue weighted by Crippen LogP contribution is -2.66. The third-order valence-corrected chi connectivity index (χ3v) is 7.58. The summed E-state index contributed by atoms with van der Waals surface area (Å²) in [6.45, 7) is 7.11. The maximum Gasteiger partial charge on any atom is 0.327 e. The molecule has 3 aliphatic rings. The van der Waals surface area contributed by atoms with Crippen LogP contribution in [0.5, 0.6) is 5.75 Å². The van der Waals surface area contributed by atoms with E-state index in [0.29, 0.717) is 13.2 Å². The average Bonchev–Trinajstić information content (AvgIpc) is 3.27. The first-order chi connectivity index (χ1) is 17.1. The number of fused-ring (bicyclic) bond motifs is 3. The van der Waals surface area contributed by atoms with Gasteiger partial charge in [-0.1, -0.05) is 51.9 Å². The number of likely N-dealkylation sites (N-methyl/N-ethyl adjacent to an activating group) is 1. The van der Waals surface area contributed by atoms with E-state index >= 15 is 0 Å². The van der Waals surface area contributed by atoms with Crippen LogP contribution in [-0.4, -0.2) is 78.4 Å². The number of urea groups is 1. The number of carbonyl (C=O) groups is 2. The SMILES string of the molecule is CCCCCCCCCCN1C(=O)C2C(NC3N(c4ccc(OCC)cc4)CCCN23)N(C)C1=O. The lowest BCUT2D eigenvalue weighted by atomic mass is 10.1. The molecule has 0 spiro atoms. The van der Waals surface area contributed by atoms with Crippen molar-refractivity contribution in [2.45, 2.75) is 90.1 Å². The first kappa shape index (κ1) is 25.8. The minimum atomic E-state index is -0.345. The Labute approximate surface area is 210 Å². The largest absolute Gasteiger partial charge is 0.494 e. The number of benzene rings is 1. The molecule has 3 unspecified atom stereocenters. The highest BCUT2D eigenvalue weighted by atomic mass is 16.5. The lowest BCUT2D eigenvalue weighted by Gasteiger charge is -2.44. The Bertz CT molecular complexity index is 848. The van der Waals surface area contributed by atoms with Crippen LogP contribution in [0.25, 0.3) is 0 Å². The van der Waals surface area contributed by atoms with Crippen LogP contribution < -0.4 is 15.0 Å². The number of hydrogen-bond donors (Lipinski definition) is 1. The van der Waals surface area contributed by atoms with Gasteiger partial charge >= 0.3 is 6.03 Å². The molecule has 1 aromatic carbocycles. The predicted octanol–water partition coefficient (Wildman–Crippen LogP) is 4.21. The van der Waals surface area contributed by atoms with Gasteiger partial charge in [0.2, 0.25) is 0 Å². The first-order valence-corrected chi connectivity index (χ1v) is 13.7. The molecule has 0 radical (unpaired) electrons. The van der Waals surface area contributed by atoms with Gasteiger partial charge in [0.05, 0.1) is 6.61 Å². The average molecular weight is 486 g/mol. The van der Waals surface area contributed by atoms with E-state index in [0.717, 1.165) is 43.8 Å². The first-order valence-electron chi connectivity index (χ1n) is 13.7. The molecule has 0 aliphatic carbocycles. The van der Waals surface area contributed by atoms with Crippen molar-refractivity contribution in [3.63, 3.8) is 0 Å². The van der Waals surface area contributed by atoms with E-state index in [9.17, 15) is 9.59 Å². The molecule has 3 fully saturated rings. The van der Waals surface area contributed by atoms with Crippen LogP contribution in [0.3, 0.4) is 0 Å². The van der Waals surface area contributed by atoms with Crippen molar-refractivity contribution in [1.82, 2.24) is 20.0 Å². The van der Waals surface area contributed by atoms with Gasteiger partial charge in [-0.05, 0) is 44.0 Å². The summed E-state index contributed by atoms with van der Waals surface area (Å²) in [5, 5.41) is 3.59. The van der Waals surface area contributed by atoms with Gasteiger partial charge in [0.25, 0.3) is 5.91 Å². The van der Waals surface area contributed by atoms with Gasteiger partial charge in [-0.2, -0.15) is 0 Å². The summed E-state index contributed by atoms with van der Waals surface area (Å²) in [6, 6.07) is 7.60. The van der Waals surface area contributed by atoms with Gasteiger partial charge in [0, 0.05) is 32.4 Å². The molecule has 3 atom stereocenters. The lowest BCUT2D eigenvalue weighted by molar-refractivity contribution is -0.138. The number of imide groups is 1. The molecule has 0 saturated carbocycles. The highest BCUT2D eigenvalue weighted by molar-refractivity contribution is 6.00. The Balaban J connectivity index is 1.38. The number of amides is 3. The summed E-state index contributed by atoms with van der Waals surface area (Å²) in [5.74, 6) is 0.805. The van der Waals surface area contributed by atoms with E-state index in [-0.39, 0.29) is 30.4 Å². The molecule has 3 aliphatic heterocycles. The Morgan fingerprint density at radius 1 is 0.943 bits per heavy atom. The molecule has 0 bridgehead atoms.